The van der Waals surface area contributed by atoms with E-state index < -0.39 is 0 Å². The fourth-order valence-electron chi connectivity index (χ4n) is 3.09. The van der Waals surface area contributed by atoms with E-state index in [1.807, 2.05) is 12.1 Å². The Hall–Kier alpha value is -2.64. The van der Waals surface area contributed by atoms with Gasteiger partial charge in [-0.25, -0.2) is 9.07 Å². The summed E-state index contributed by atoms with van der Waals surface area (Å²) in [5, 5.41) is 12.0. The maximum Gasteiger partial charge on any atom is 0.148 e. The second-order valence-electron chi connectivity index (χ2n) is 6.01. The third-order valence-corrected chi connectivity index (χ3v) is 4.36. The second kappa shape index (κ2) is 7.08. The summed E-state index contributed by atoms with van der Waals surface area (Å²) in [6, 6.07) is 10.4. The first-order valence-electron chi connectivity index (χ1n) is 8.36. The van der Waals surface area contributed by atoms with Crippen LogP contribution in [-0.2, 0) is 6.54 Å². The number of pyridine rings is 1. The molecule has 128 valence electrons. The summed E-state index contributed by atoms with van der Waals surface area (Å²) in [6.07, 6.45) is 3.45. The molecule has 0 aliphatic carbocycles. The van der Waals surface area contributed by atoms with Crippen LogP contribution in [-0.4, -0.2) is 51.1 Å². The van der Waals surface area contributed by atoms with Gasteiger partial charge in [0.15, 0.2) is 0 Å². The molecule has 0 unspecified atom stereocenters. The predicted molar refractivity (Wildman–Crippen MR) is 92.7 cm³/mol. The van der Waals surface area contributed by atoms with Gasteiger partial charge in [0.2, 0.25) is 0 Å². The van der Waals surface area contributed by atoms with Gasteiger partial charge in [-0.15, -0.1) is 5.10 Å². The molecule has 6 nitrogen and oxygen atoms in total. The molecule has 0 spiro atoms. The van der Waals surface area contributed by atoms with Crippen LogP contribution >= 0.6 is 0 Å². The maximum atomic E-state index is 14.3. The normalized spacial score (nSPS) is 15.4. The van der Waals surface area contributed by atoms with E-state index in [1.54, 1.807) is 35.3 Å². The van der Waals surface area contributed by atoms with Crippen molar-refractivity contribution in [2.75, 3.05) is 26.2 Å². The Labute approximate surface area is 145 Å². The van der Waals surface area contributed by atoms with Crippen molar-refractivity contribution in [1.82, 2.24) is 30.2 Å². The zero-order valence-electron chi connectivity index (χ0n) is 13.8. The molecule has 0 saturated carbocycles. The standard InChI is InChI=1S/C18H19FN6/c19-15-3-1-2-4-17(15)25-18(14-5-7-20-8-6-14)16(22-23-25)13-24-11-9-21-10-12-24/h1-8,21H,9-13H2. The number of halogens is 1. The third kappa shape index (κ3) is 3.29. The Morgan fingerprint density at radius 1 is 1.04 bits per heavy atom. The summed E-state index contributed by atoms with van der Waals surface area (Å²) in [4.78, 5) is 6.41. The lowest BCUT2D eigenvalue weighted by Gasteiger charge is -2.26. The van der Waals surface area contributed by atoms with Gasteiger partial charge in [-0.2, -0.15) is 0 Å². The predicted octanol–water partition coefficient (Wildman–Crippen LogP) is 1.87. The van der Waals surface area contributed by atoms with Gasteiger partial charge in [0.25, 0.3) is 0 Å². The number of piperazine rings is 1. The van der Waals surface area contributed by atoms with Crippen molar-refractivity contribution < 1.29 is 4.39 Å². The Balaban J connectivity index is 1.78. The van der Waals surface area contributed by atoms with E-state index in [4.69, 9.17) is 0 Å². The molecule has 7 heteroatoms. The lowest BCUT2D eigenvalue weighted by atomic mass is 10.1. The van der Waals surface area contributed by atoms with Crippen molar-refractivity contribution in [1.29, 1.82) is 0 Å². The first-order valence-corrected chi connectivity index (χ1v) is 8.36. The van der Waals surface area contributed by atoms with E-state index in [1.165, 1.54) is 6.07 Å². The summed E-state index contributed by atoms with van der Waals surface area (Å²) in [5.41, 5.74) is 2.98. The number of rotatable bonds is 4. The average Bonchev–Trinajstić information content (AvgIpc) is 3.07. The van der Waals surface area contributed by atoms with Crippen molar-refractivity contribution in [3.63, 3.8) is 0 Å². The summed E-state index contributed by atoms with van der Waals surface area (Å²) in [5.74, 6) is -0.323. The number of hydrogen-bond acceptors (Lipinski definition) is 5. The fraction of sp³-hybridized carbons (Fsp3) is 0.278. The molecule has 1 N–H and O–H groups in total. The summed E-state index contributed by atoms with van der Waals surface area (Å²) >= 11 is 0. The molecule has 1 fully saturated rings. The summed E-state index contributed by atoms with van der Waals surface area (Å²) in [7, 11) is 0. The number of nitrogens with zero attached hydrogens (tertiary/aromatic N) is 5. The molecule has 1 saturated heterocycles. The summed E-state index contributed by atoms with van der Waals surface area (Å²) in [6.45, 7) is 4.54. The molecule has 25 heavy (non-hydrogen) atoms. The van der Waals surface area contributed by atoms with Gasteiger partial charge in [-0.05, 0) is 24.3 Å². The fourth-order valence-corrected chi connectivity index (χ4v) is 3.09. The van der Waals surface area contributed by atoms with E-state index in [-0.39, 0.29) is 5.82 Å². The lowest BCUT2D eigenvalue weighted by molar-refractivity contribution is 0.231. The number of benzene rings is 1. The molecule has 0 atom stereocenters. The number of nitrogens with one attached hydrogen (secondary N) is 1. The third-order valence-electron chi connectivity index (χ3n) is 4.36. The minimum Gasteiger partial charge on any atom is -0.314 e. The first kappa shape index (κ1) is 15.9. The number of para-hydroxylation sites is 1. The molecule has 2 aromatic heterocycles. The Kier molecular flexibility index (Phi) is 4.49. The Bertz CT molecular complexity index is 842. The minimum absolute atomic E-state index is 0.323. The van der Waals surface area contributed by atoms with E-state index >= 15 is 0 Å². The van der Waals surface area contributed by atoms with Gasteiger partial charge in [0, 0.05) is 50.7 Å². The molecule has 0 radical (unpaired) electrons. The molecule has 0 bridgehead atoms. The highest BCUT2D eigenvalue weighted by Crippen LogP contribution is 2.26. The second-order valence-corrected chi connectivity index (χ2v) is 6.01. The maximum absolute atomic E-state index is 14.3. The lowest BCUT2D eigenvalue weighted by Crippen LogP contribution is -2.43. The Morgan fingerprint density at radius 2 is 1.80 bits per heavy atom. The van der Waals surface area contributed by atoms with E-state index in [2.05, 4.69) is 25.5 Å². The average molecular weight is 338 g/mol. The number of hydrogen-bond donors (Lipinski definition) is 1. The quantitative estimate of drug-likeness (QED) is 0.787. The van der Waals surface area contributed by atoms with E-state index in [0.29, 0.717) is 12.2 Å². The topological polar surface area (TPSA) is 58.9 Å². The van der Waals surface area contributed by atoms with Gasteiger partial charge in [0.05, 0.1) is 5.69 Å². The Morgan fingerprint density at radius 3 is 2.56 bits per heavy atom. The van der Waals surface area contributed by atoms with Crippen molar-refractivity contribution in [2.45, 2.75) is 6.54 Å². The zero-order valence-corrected chi connectivity index (χ0v) is 13.8. The van der Waals surface area contributed by atoms with Crippen LogP contribution in [0.3, 0.4) is 0 Å². The zero-order chi connectivity index (χ0) is 17.1. The van der Waals surface area contributed by atoms with Crippen LogP contribution in [0.15, 0.2) is 48.8 Å². The van der Waals surface area contributed by atoms with Gasteiger partial charge in [0.1, 0.15) is 17.2 Å². The monoisotopic (exact) mass is 338 g/mol. The smallest absolute Gasteiger partial charge is 0.148 e. The highest BCUT2D eigenvalue weighted by Gasteiger charge is 2.21. The molecular weight excluding hydrogens is 319 g/mol. The van der Waals surface area contributed by atoms with Gasteiger partial charge < -0.3 is 5.32 Å². The van der Waals surface area contributed by atoms with Crippen molar-refractivity contribution in [3.8, 4) is 16.9 Å². The molecule has 4 rings (SSSR count). The molecule has 3 aromatic rings. The molecule has 0 amide bonds. The molecule has 1 aliphatic heterocycles. The highest BCUT2D eigenvalue weighted by atomic mass is 19.1. The van der Waals surface area contributed by atoms with Gasteiger partial charge >= 0.3 is 0 Å². The van der Waals surface area contributed by atoms with E-state index in [9.17, 15) is 4.39 Å². The largest absolute Gasteiger partial charge is 0.314 e. The van der Waals surface area contributed by atoms with Crippen LogP contribution in [0.25, 0.3) is 16.9 Å². The first-order chi connectivity index (χ1) is 12.3. The molecule has 3 heterocycles. The number of aromatic nitrogens is 4. The van der Waals surface area contributed by atoms with Gasteiger partial charge in [-0.3, -0.25) is 9.88 Å². The van der Waals surface area contributed by atoms with Crippen LogP contribution in [0.4, 0.5) is 4.39 Å². The molecular formula is C18H19FN6. The highest BCUT2D eigenvalue weighted by molar-refractivity contribution is 5.63. The van der Waals surface area contributed by atoms with Gasteiger partial charge in [-0.1, -0.05) is 17.3 Å². The minimum atomic E-state index is -0.323. The van der Waals surface area contributed by atoms with Crippen molar-refractivity contribution >= 4 is 0 Å². The van der Waals surface area contributed by atoms with Crippen LogP contribution in [0.5, 0.6) is 0 Å². The van der Waals surface area contributed by atoms with Crippen LogP contribution < -0.4 is 5.32 Å². The SMILES string of the molecule is Fc1ccccc1-n1nnc(CN2CCNCC2)c1-c1ccncc1. The molecule has 1 aromatic carbocycles. The van der Waals surface area contributed by atoms with Crippen LogP contribution in [0, 0.1) is 5.82 Å². The van der Waals surface area contributed by atoms with E-state index in [0.717, 1.165) is 43.1 Å². The van der Waals surface area contributed by atoms with Crippen LogP contribution in [0.2, 0.25) is 0 Å². The summed E-state index contributed by atoms with van der Waals surface area (Å²) < 4.78 is 15.9. The molecule has 1 aliphatic rings. The van der Waals surface area contributed by atoms with Crippen molar-refractivity contribution in [2.24, 2.45) is 0 Å². The van der Waals surface area contributed by atoms with Crippen LogP contribution in [0.1, 0.15) is 5.69 Å². The van der Waals surface area contributed by atoms with Crippen molar-refractivity contribution in [3.05, 3.63) is 60.3 Å².